The first-order valence-corrected chi connectivity index (χ1v) is 40.7. The van der Waals surface area contributed by atoms with Crippen molar-refractivity contribution in [1.29, 1.82) is 0 Å². The summed E-state index contributed by atoms with van der Waals surface area (Å²) in [6, 6.07) is 140. The zero-order chi connectivity index (χ0) is 80.6. The first kappa shape index (κ1) is 78.1. The Labute approximate surface area is 687 Å². The van der Waals surface area contributed by atoms with E-state index < -0.39 is 0 Å². The maximum absolute atomic E-state index is 5.34. The van der Waals surface area contributed by atoms with Crippen molar-refractivity contribution < 1.29 is 0 Å². The number of nitrogens with zero attached hydrogens (tertiary/aromatic N) is 2. The molecule has 16 aromatic carbocycles. The van der Waals surface area contributed by atoms with Crippen LogP contribution in [0.4, 0.5) is 0 Å². The van der Waals surface area contributed by atoms with Crippen LogP contribution in [0.5, 0.6) is 0 Å². The molecule has 0 aliphatic rings. The van der Waals surface area contributed by atoms with Crippen molar-refractivity contribution in [3.05, 3.63) is 423 Å². The molecule has 0 radical (unpaired) electrons. The van der Waals surface area contributed by atoms with Gasteiger partial charge in [-0.1, -0.05) is 411 Å². The van der Waals surface area contributed by atoms with E-state index >= 15 is 0 Å². The summed E-state index contributed by atoms with van der Waals surface area (Å²) in [6.07, 6.45) is 3.66. The van der Waals surface area contributed by atoms with E-state index in [0.29, 0.717) is 0 Å². The van der Waals surface area contributed by atoms with Crippen molar-refractivity contribution >= 4 is 43.4 Å². The van der Waals surface area contributed by atoms with Crippen molar-refractivity contribution in [3.63, 3.8) is 0 Å². The van der Waals surface area contributed by atoms with Gasteiger partial charge in [0.15, 0.2) is 0 Å². The molecule has 2 nitrogen and oxygen atoms in total. The molecule has 2 heterocycles. The van der Waals surface area contributed by atoms with Crippen LogP contribution in [-0.2, 0) is 21.7 Å². The monoisotopic (exact) mass is 1500 g/mol. The lowest BCUT2D eigenvalue weighted by Gasteiger charge is -2.20. The molecule has 2 aromatic heterocycles. The predicted octanol–water partition coefficient (Wildman–Crippen LogP) is 32.0. The van der Waals surface area contributed by atoms with E-state index in [1.807, 2.05) is 24.5 Å². The van der Waals surface area contributed by atoms with Crippen molar-refractivity contribution in [2.75, 3.05) is 0 Å². The first-order valence-electron chi connectivity index (χ1n) is 40.7. The standard InChI is InChI=1S/C37H29N.C34H30.C28H26.C15H17N/c1-37(2,3)29-15-9-13-27(23-29)26-12-8-14-28(22-26)34-32-20-18-24-10-4-6-16-30(24)35(32)38-36-31-17-7-5-11-25(31)19-21-33(34)36;1-34(2,3)33-19-11-18-29(24-33)27-16-10-17-28(20-27)32-22-30(25-12-6-4-7-13-25)21-31(23-32)26-14-8-5-9-15-26;1-28(2,3)27-16-10-15-23(20-27)26-18-24(21-11-6-4-7-12-21)17-25(19-26)22-13-8-5-9-14-22;1-15(2,3)14-6-4-5-13(11-14)12-7-9-16-10-8-12/h4-23H,1-3H3;4-24H,1-3H3;4-20H,1-3H3;4-11H,1-3H3. The average Bonchev–Trinajstić information content (AvgIpc) is 0.730. The summed E-state index contributed by atoms with van der Waals surface area (Å²) in [6.45, 7) is 27.1. The Balaban J connectivity index is 0.000000126. The number of hydrogen-bond acceptors (Lipinski definition) is 2. The molecule has 116 heavy (non-hydrogen) atoms. The molecule has 568 valence electrons. The summed E-state index contributed by atoms with van der Waals surface area (Å²) in [5.41, 5.74) is 32.9. The molecule has 2 heteroatoms. The number of fused-ring (bicyclic) bond motifs is 6. The second-order valence-corrected chi connectivity index (χ2v) is 34.6. The van der Waals surface area contributed by atoms with E-state index in [1.54, 1.807) is 0 Å². The fraction of sp³-hybridized carbons (Fsp3) is 0.140. The quantitative estimate of drug-likeness (QED) is 0.101. The molecule has 0 unspecified atom stereocenters. The Morgan fingerprint density at radius 3 is 0.716 bits per heavy atom. The highest BCUT2D eigenvalue weighted by Gasteiger charge is 2.21. The lowest BCUT2D eigenvalue weighted by atomic mass is 9.85. The van der Waals surface area contributed by atoms with Gasteiger partial charge in [0.2, 0.25) is 0 Å². The summed E-state index contributed by atoms with van der Waals surface area (Å²) in [5, 5.41) is 7.18. The molecule has 0 fully saturated rings. The fourth-order valence-electron chi connectivity index (χ4n) is 15.4. The van der Waals surface area contributed by atoms with Crippen LogP contribution in [0.15, 0.2) is 401 Å². The Morgan fingerprint density at radius 1 is 0.164 bits per heavy atom. The van der Waals surface area contributed by atoms with Crippen LogP contribution in [0.2, 0.25) is 0 Å². The van der Waals surface area contributed by atoms with Crippen LogP contribution >= 0.6 is 0 Å². The molecule has 0 N–H and O–H groups in total. The summed E-state index contributed by atoms with van der Waals surface area (Å²) in [4.78, 5) is 9.38. The van der Waals surface area contributed by atoms with Gasteiger partial charge >= 0.3 is 0 Å². The van der Waals surface area contributed by atoms with Crippen molar-refractivity contribution in [2.24, 2.45) is 0 Å². The second kappa shape index (κ2) is 33.9. The Kier molecular flexibility index (Phi) is 22.8. The molecule has 18 aromatic rings. The van der Waals surface area contributed by atoms with Crippen LogP contribution in [0, 0.1) is 0 Å². The highest BCUT2D eigenvalue weighted by atomic mass is 14.7. The summed E-state index contributed by atoms with van der Waals surface area (Å²) in [5.74, 6) is 0. The van der Waals surface area contributed by atoms with Gasteiger partial charge in [-0.25, -0.2) is 4.98 Å². The van der Waals surface area contributed by atoms with Gasteiger partial charge in [-0.2, -0.15) is 0 Å². The van der Waals surface area contributed by atoms with E-state index in [-0.39, 0.29) is 21.7 Å². The third-order valence-corrected chi connectivity index (χ3v) is 22.1. The van der Waals surface area contributed by atoms with E-state index in [9.17, 15) is 0 Å². The van der Waals surface area contributed by atoms with Crippen molar-refractivity contribution in [3.8, 4) is 111 Å². The van der Waals surface area contributed by atoms with Crippen LogP contribution in [-0.4, -0.2) is 9.97 Å². The molecule has 0 saturated carbocycles. The molecule has 0 amide bonds. The molecule has 0 aliphatic heterocycles. The zero-order valence-electron chi connectivity index (χ0n) is 69.0. The summed E-state index contributed by atoms with van der Waals surface area (Å²) >= 11 is 0. The SMILES string of the molecule is CC(C)(C)c1cccc(-c2cc(-c3ccccc3)cc(-c3ccccc3)c2)c1.CC(C)(C)c1cccc(-c2cccc(-c3c4ccc5ccccc5c4nc4c3ccc3ccccc34)c2)c1.CC(C)(C)c1cccc(-c2cccc(-c3cc(-c4ccccc4)cc(-c4ccccc4)c3)c2)c1.CC(C)(C)c1cccc(-c2ccncc2)c1. The minimum Gasteiger partial charge on any atom is -0.265 e. The Hall–Kier alpha value is -13.1. The minimum atomic E-state index is 0.104. The van der Waals surface area contributed by atoms with Crippen LogP contribution in [0.25, 0.3) is 155 Å². The van der Waals surface area contributed by atoms with E-state index in [2.05, 4.69) is 464 Å². The van der Waals surface area contributed by atoms with Crippen molar-refractivity contribution in [1.82, 2.24) is 9.97 Å². The molecule has 0 bridgehead atoms. The number of aromatic nitrogens is 2. The zero-order valence-corrected chi connectivity index (χ0v) is 69.0. The van der Waals surface area contributed by atoms with Crippen LogP contribution in [0.3, 0.4) is 0 Å². The largest absolute Gasteiger partial charge is 0.265 e. The Bertz CT molecular complexity index is 6240. The van der Waals surface area contributed by atoms with Gasteiger partial charge in [-0.05, 0) is 221 Å². The van der Waals surface area contributed by atoms with E-state index in [1.165, 1.54) is 166 Å². The molecule has 0 spiro atoms. The topological polar surface area (TPSA) is 25.8 Å². The fourth-order valence-corrected chi connectivity index (χ4v) is 15.4. The highest BCUT2D eigenvalue weighted by molar-refractivity contribution is 6.21. The second-order valence-electron chi connectivity index (χ2n) is 34.6. The molecule has 0 aliphatic carbocycles. The number of benzene rings is 16. The molecular formula is C114H102N2. The predicted molar refractivity (Wildman–Crippen MR) is 501 cm³/mol. The maximum atomic E-state index is 5.34. The van der Waals surface area contributed by atoms with Gasteiger partial charge in [0.05, 0.1) is 11.0 Å². The molecular weight excluding hydrogens is 1400 g/mol. The van der Waals surface area contributed by atoms with Gasteiger partial charge in [0, 0.05) is 39.5 Å². The van der Waals surface area contributed by atoms with Gasteiger partial charge in [0.25, 0.3) is 0 Å². The Morgan fingerprint density at radius 2 is 0.388 bits per heavy atom. The van der Waals surface area contributed by atoms with Crippen molar-refractivity contribution in [2.45, 2.75) is 105 Å². The molecule has 0 saturated heterocycles. The first-order chi connectivity index (χ1) is 56.0. The third-order valence-electron chi connectivity index (χ3n) is 22.1. The number of pyridine rings is 2. The summed E-state index contributed by atoms with van der Waals surface area (Å²) < 4.78 is 0. The minimum absolute atomic E-state index is 0.104. The average molecular weight is 1500 g/mol. The summed E-state index contributed by atoms with van der Waals surface area (Å²) in [7, 11) is 0. The highest BCUT2D eigenvalue weighted by Crippen LogP contribution is 2.43. The van der Waals surface area contributed by atoms with E-state index in [4.69, 9.17) is 4.98 Å². The lowest BCUT2D eigenvalue weighted by Crippen LogP contribution is -2.10. The normalized spacial score (nSPS) is 11.6. The van der Waals surface area contributed by atoms with Crippen LogP contribution < -0.4 is 0 Å². The third kappa shape index (κ3) is 18.2. The van der Waals surface area contributed by atoms with Gasteiger partial charge in [0.1, 0.15) is 0 Å². The number of hydrogen-bond donors (Lipinski definition) is 0. The number of rotatable bonds is 10. The van der Waals surface area contributed by atoms with Crippen LogP contribution in [0.1, 0.15) is 105 Å². The van der Waals surface area contributed by atoms with Gasteiger partial charge in [-0.15, -0.1) is 0 Å². The lowest BCUT2D eigenvalue weighted by molar-refractivity contribution is 0.590. The van der Waals surface area contributed by atoms with E-state index in [0.717, 1.165) is 11.0 Å². The van der Waals surface area contributed by atoms with Gasteiger partial charge < -0.3 is 0 Å². The van der Waals surface area contributed by atoms with Gasteiger partial charge in [-0.3, -0.25) is 4.98 Å². The molecule has 18 rings (SSSR count). The molecule has 0 atom stereocenters. The maximum Gasteiger partial charge on any atom is 0.0794 e. The smallest absolute Gasteiger partial charge is 0.0794 e.